The third kappa shape index (κ3) is 5.53. The minimum atomic E-state index is -0.325. The van der Waals surface area contributed by atoms with Crippen LogP contribution in [0.4, 0.5) is 5.69 Å². The number of halogens is 2. The molecule has 2 amide bonds. The van der Waals surface area contributed by atoms with Crippen molar-refractivity contribution in [2.45, 2.75) is 4.90 Å². The molecule has 0 radical (unpaired) electrons. The lowest BCUT2D eigenvalue weighted by Crippen LogP contribution is -2.33. The van der Waals surface area contributed by atoms with Crippen molar-refractivity contribution in [3.8, 4) is 0 Å². The van der Waals surface area contributed by atoms with Gasteiger partial charge in [-0.25, -0.2) is 0 Å². The Balaban J connectivity index is 1.98. The van der Waals surface area contributed by atoms with Crippen molar-refractivity contribution in [1.29, 1.82) is 0 Å². The lowest BCUT2D eigenvalue weighted by Gasteiger charge is -2.16. The zero-order chi connectivity index (χ0) is 19.1. The fraction of sp³-hybridized carbons (Fsp3) is 0.158. The standard InChI is InChI=1S/C19H18Cl2N2O2S/c1-23(12-18(24)22-16-8-3-4-9-17(16)26-2)19(25)11-10-13-14(20)6-5-7-15(13)21/h3-11H,12H2,1-2H3,(H,22,24). The van der Waals surface area contributed by atoms with Crippen LogP contribution in [0.25, 0.3) is 6.08 Å². The molecule has 136 valence electrons. The summed E-state index contributed by atoms with van der Waals surface area (Å²) in [5, 5.41) is 3.73. The maximum atomic E-state index is 12.2. The number of anilines is 1. The lowest BCUT2D eigenvalue weighted by molar-refractivity contribution is -0.129. The van der Waals surface area contributed by atoms with E-state index < -0.39 is 0 Å². The van der Waals surface area contributed by atoms with Crippen molar-refractivity contribution in [2.75, 3.05) is 25.2 Å². The maximum Gasteiger partial charge on any atom is 0.246 e. The van der Waals surface area contributed by atoms with Crippen LogP contribution < -0.4 is 5.32 Å². The van der Waals surface area contributed by atoms with Crippen LogP contribution in [0.1, 0.15) is 5.56 Å². The predicted molar refractivity (Wildman–Crippen MR) is 110 cm³/mol. The fourth-order valence-corrected chi connectivity index (χ4v) is 3.26. The molecule has 0 bridgehead atoms. The first-order valence-electron chi connectivity index (χ1n) is 7.72. The number of benzene rings is 2. The Morgan fingerprint density at radius 2 is 1.77 bits per heavy atom. The zero-order valence-corrected chi connectivity index (χ0v) is 16.7. The Hall–Kier alpha value is -1.95. The maximum absolute atomic E-state index is 12.2. The highest BCUT2D eigenvalue weighted by molar-refractivity contribution is 7.98. The van der Waals surface area contributed by atoms with E-state index in [-0.39, 0.29) is 18.4 Å². The summed E-state index contributed by atoms with van der Waals surface area (Å²) >= 11 is 13.7. The normalized spacial score (nSPS) is 10.8. The molecule has 2 aromatic carbocycles. The van der Waals surface area contributed by atoms with Crippen LogP contribution in [0.3, 0.4) is 0 Å². The quantitative estimate of drug-likeness (QED) is 0.550. The number of likely N-dealkylation sites (N-methyl/N-ethyl adjacent to an activating group) is 1. The lowest BCUT2D eigenvalue weighted by atomic mass is 10.2. The van der Waals surface area contributed by atoms with Gasteiger partial charge in [0.05, 0.1) is 12.2 Å². The SMILES string of the molecule is CSc1ccccc1NC(=O)CN(C)C(=O)C=Cc1c(Cl)cccc1Cl. The molecule has 4 nitrogen and oxygen atoms in total. The number of nitrogens with zero attached hydrogens (tertiary/aromatic N) is 1. The second-order valence-electron chi connectivity index (χ2n) is 5.41. The Labute approximate surface area is 167 Å². The van der Waals surface area contributed by atoms with E-state index in [1.807, 2.05) is 30.5 Å². The highest BCUT2D eigenvalue weighted by Crippen LogP contribution is 2.26. The molecule has 2 aromatic rings. The molecule has 0 spiro atoms. The van der Waals surface area contributed by atoms with Crippen LogP contribution in [0.2, 0.25) is 10.0 Å². The molecule has 0 aliphatic carbocycles. The number of hydrogen-bond donors (Lipinski definition) is 1. The van der Waals surface area contributed by atoms with E-state index in [0.717, 1.165) is 10.6 Å². The number of carbonyl (C=O) groups excluding carboxylic acids is 2. The second-order valence-corrected chi connectivity index (χ2v) is 7.07. The van der Waals surface area contributed by atoms with Crippen molar-refractivity contribution in [3.05, 3.63) is 64.1 Å². The summed E-state index contributed by atoms with van der Waals surface area (Å²) in [7, 11) is 1.56. The molecule has 0 heterocycles. The van der Waals surface area contributed by atoms with Gasteiger partial charge in [0.2, 0.25) is 11.8 Å². The van der Waals surface area contributed by atoms with Gasteiger partial charge in [0.15, 0.2) is 0 Å². The molecule has 26 heavy (non-hydrogen) atoms. The summed E-state index contributed by atoms with van der Waals surface area (Å²) < 4.78 is 0. The van der Waals surface area contributed by atoms with Crippen LogP contribution in [0.15, 0.2) is 53.4 Å². The highest BCUT2D eigenvalue weighted by atomic mass is 35.5. The Kier molecular flexibility index (Phi) is 7.57. The Morgan fingerprint density at radius 1 is 1.12 bits per heavy atom. The van der Waals surface area contributed by atoms with Crippen molar-refractivity contribution >= 4 is 58.5 Å². The monoisotopic (exact) mass is 408 g/mol. The van der Waals surface area contributed by atoms with E-state index in [1.54, 1.807) is 31.3 Å². The Bertz CT molecular complexity index is 820. The van der Waals surface area contributed by atoms with E-state index >= 15 is 0 Å². The molecule has 1 N–H and O–H groups in total. The molecule has 0 aromatic heterocycles. The minimum absolute atomic E-state index is 0.0673. The first-order chi connectivity index (χ1) is 12.4. The second kappa shape index (κ2) is 9.67. The van der Waals surface area contributed by atoms with Gasteiger partial charge in [-0.15, -0.1) is 11.8 Å². The average molecular weight is 409 g/mol. The number of amides is 2. The summed E-state index contributed by atoms with van der Waals surface area (Å²) in [4.78, 5) is 26.7. The molecular weight excluding hydrogens is 391 g/mol. The number of rotatable bonds is 6. The van der Waals surface area contributed by atoms with Crippen molar-refractivity contribution in [1.82, 2.24) is 4.90 Å². The fourth-order valence-electron chi connectivity index (χ4n) is 2.18. The summed E-state index contributed by atoms with van der Waals surface area (Å²) in [5.74, 6) is -0.596. The smallest absolute Gasteiger partial charge is 0.246 e. The van der Waals surface area contributed by atoms with Crippen LogP contribution >= 0.6 is 35.0 Å². The molecular formula is C19H18Cl2N2O2S. The number of nitrogens with one attached hydrogen (secondary N) is 1. The van der Waals surface area contributed by atoms with Crippen molar-refractivity contribution in [3.63, 3.8) is 0 Å². The molecule has 0 saturated heterocycles. The average Bonchev–Trinajstić information content (AvgIpc) is 2.61. The summed E-state index contributed by atoms with van der Waals surface area (Å²) in [6, 6.07) is 12.6. The van der Waals surface area contributed by atoms with E-state index in [9.17, 15) is 9.59 Å². The van der Waals surface area contributed by atoms with Crippen LogP contribution in [-0.4, -0.2) is 36.6 Å². The van der Waals surface area contributed by atoms with Gasteiger partial charge in [-0.05, 0) is 36.6 Å². The van der Waals surface area contributed by atoms with Crippen LogP contribution in [-0.2, 0) is 9.59 Å². The Morgan fingerprint density at radius 3 is 2.42 bits per heavy atom. The molecule has 0 saturated carbocycles. The number of carbonyl (C=O) groups is 2. The van der Waals surface area contributed by atoms with E-state index in [2.05, 4.69) is 5.32 Å². The molecule has 7 heteroatoms. The molecule has 0 aliphatic heterocycles. The molecule has 2 rings (SSSR count). The highest BCUT2D eigenvalue weighted by Gasteiger charge is 2.12. The number of hydrogen-bond acceptors (Lipinski definition) is 3. The van der Waals surface area contributed by atoms with E-state index in [4.69, 9.17) is 23.2 Å². The van der Waals surface area contributed by atoms with Gasteiger partial charge in [-0.2, -0.15) is 0 Å². The van der Waals surface area contributed by atoms with Gasteiger partial charge in [-0.1, -0.05) is 41.4 Å². The van der Waals surface area contributed by atoms with Crippen LogP contribution in [0.5, 0.6) is 0 Å². The van der Waals surface area contributed by atoms with Gasteiger partial charge in [-0.3, -0.25) is 9.59 Å². The van der Waals surface area contributed by atoms with Crippen molar-refractivity contribution in [2.24, 2.45) is 0 Å². The number of thioether (sulfide) groups is 1. The third-order valence-electron chi connectivity index (χ3n) is 3.53. The van der Waals surface area contributed by atoms with Gasteiger partial charge in [0.25, 0.3) is 0 Å². The van der Waals surface area contributed by atoms with E-state index in [0.29, 0.717) is 15.6 Å². The largest absolute Gasteiger partial charge is 0.333 e. The minimum Gasteiger partial charge on any atom is -0.333 e. The third-order valence-corrected chi connectivity index (χ3v) is 4.99. The zero-order valence-electron chi connectivity index (χ0n) is 14.3. The first-order valence-corrected chi connectivity index (χ1v) is 9.70. The molecule has 0 fully saturated rings. The molecule has 0 unspecified atom stereocenters. The van der Waals surface area contributed by atoms with Crippen molar-refractivity contribution < 1.29 is 9.59 Å². The molecule has 0 aliphatic rings. The first kappa shape index (κ1) is 20.4. The summed E-state index contributed by atoms with van der Waals surface area (Å²) in [6.07, 6.45) is 4.83. The summed E-state index contributed by atoms with van der Waals surface area (Å²) in [5.41, 5.74) is 1.29. The summed E-state index contributed by atoms with van der Waals surface area (Å²) in [6.45, 7) is -0.0673. The molecule has 0 atom stereocenters. The topological polar surface area (TPSA) is 49.4 Å². The van der Waals surface area contributed by atoms with Gasteiger partial charge in [0, 0.05) is 33.6 Å². The number of para-hydroxylation sites is 1. The van der Waals surface area contributed by atoms with E-state index in [1.165, 1.54) is 22.7 Å². The van der Waals surface area contributed by atoms with Crippen LogP contribution in [0, 0.1) is 0 Å². The van der Waals surface area contributed by atoms with Gasteiger partial charge in [0.1, 0.15) is 0 Å². The predicted octanol–water partition coefficient (Wildman–Crippen LogP) is 4.83. The van der Waals surface area contributed by atoms with Gasteiger partial charge < -0.3 is 10.2 Å². The van der Waals surface area contributed by atoms with Gasteiger partial charge >= 0.3 is 0 Å².